The van der Waals surface area contributed by atoms with Crippen molar-refractivity contribution in [3.8, 4) is 5.69 Å². The number of para-hydroxylation sites is 1. The fourth-order valence-electron chi connectivity index (χ4n) is 2.99. The number of halogens is 3. The first-order valence-electron chi connectivity index (χ1n) is 9.26. The van der Waals surface area contributed by atoms with Crippen LogP contribution in [0, 0.1) is 0 Å². The van der Waals surface area contributed by atoms with Crippen molar-refractivity contribution in [3.05, 3.63) is 77.6 Å². The number of hydrogen-bond donors (Lipinski definition) is 2. The summed E-state index contributed by atoms with van der Waals surface area (Å²) < 4.78 is 41.9. The van der Waals surface area contributed by atoms with Gasteiger partial charge in [0.05, 0.1) is 17.4 Å². The Morgan fingerprint density at radius 3 is 2.40 bits per heavy atom. The second-order valence-corrected chi connectivity index (χ2v) is 6.93. The highest BCUT2D eigenvalue weighted by molar-refractivity contribution is 6.06. The van der Waals surface area contributed by atoms with Crippen LogP contribution >= 0.6 is 0 Å². The van der Waals surface area contributed by atoms with Gasteiger partial charge in [0.15, 0.2) is 5.69 Å². The van der Waals surface area contributed by atoms with E-state index in [1.807, 2.05) is 0 Å². The lowest BCUT2D eigenvalue weighted by atomic mass is 10.1. The van der Waals surface area contributed by atoms with Crippen molar-refractivity contribution >= 4 is 17.5 Å². The largest absolute Gasteiger partial charge is 0.434 e. The quantitative estimate of drug-likeness (QED) is 0.662. The Bertz CT molecular complexity index is 1090. The van der Waals surface area contributed by atoms with E-state index in [0.29, 0.717) is 10.2 Å². The molecule has 9 heteroatoms. The summed E-state index contributed by atoms with van der Waals surface area (Å²) in [5, 5.41) is 9.02. The van der Waals surface area contributed by atoms with Crippen molar-refractivity contribution in [2.24, 2.45) is 0 Å². The number of carbonyl (C=O) groups excluding carboxylic acids is 2. The standard InChI is InChI=1S/C21H17F3N4O2/c22-21(23,24)18-17(12-25-28(18)16-7-2-1-3-8-16)20(30)27-15-6-4-5-13(11-15)19(29)26-14-9-10-14/h1-8,11-12,14H,9-10H2,(H,26,29)(H,27,30). The first-order chi connectivity index (χ1) is 14.3. The van der Waals surface area contributed by atoms with Crippen LogP contribution in [-0.4, -0.2) is 27.6 Å². The van der Waals surface area contributed by atoms with Gasteiger partial charge in [-0.05, 0) is 43.2 Å². The van der Waals surface area contributed by atoms with Crippen LogP contribution < -0.4 is 10.6 Å². The molecule has 0 bridgehead atoms. The molecule has 2 N–H and O–H groups in total. The number of nitrogens with zero attached hydrogens (tertiary/aromatic N) is 2. The molecule has 0 aliphatic heterocycles. The number of benzene rings is 2. The van der Waals surface area contributed by atoms with Gasteiger partial charge in [0.25, 0.3) is 11.8 Å². The van der Waals surface area contributed by atoms with E-state index in [2.05, 4.69) is 15.7 Å². The molecule has 1 aliphatic rings. The van der Waals surface area contributed by atoms with Gasteiger partial charge >= 0.3 is 6.18 Å². The van der Waals surface area contributed by atoms with Crippen molar-refractivity contribution in [2.75, 3.05) is 5.32 Å². The molecule has 4 rings (SSSR count). The van der Waals surface area contributed by atoms with Gasteiger partial charge in [-0.3, -0.25) is 9.59 Å². The van der Waals surface area contributed by atoms with Gasteiger partial charge in [-0.1, -0.05) is 24.3 Å². The maximum absolute atomic E-state index is 13.7. The highest BCUT2D eigenvalue weighted by atomic mass is 19.4. The number of alkyl halides is 3. The number of amides is 2. The van der Waals surface area contributed by atoms with Crippen molar-refractivity contribution in [2.45, 2.75) is 25.1 Å². The third kappa shape index (κ3) is 4.19. The van der Waals surface area contributed by atoms with E-state index in [1.165, 1.54) is 24.3 Å². The topological polar surface area (TPSA) is 76.0 Å². The van der Waals surface area contributed by atoms with E-state index in [4.69, 9.17) is 0 Å². The van der Waals surface area contributed by atoms with Crippen LogP contribution in [0.5, 0.6) is 0 Å². The van der Waals surface area contributed by atoms with Crippen LogP contribution in [0.4, 0.5) is 18.9 Å². The molecule has 2 aromatic carbocycles. The lowest BCUT2D eigenvalue weighted by Gasteiger charge is -2.13. The van der Waals surface area contributed by atoms with Gasteiger partial charge in [0.2, 0.25) is 0 Å². The first-order valence-corrected chi connectivity index (χ1v) is 9.26. The number of carbonyl (C=O) groups is 2. The summed E-state index contributed by atoms with van der Waals surface area (Å²) in [6.45, 7) is 0. The zero-order chi connectivity index (χ0) is 21.3. The minimum Gasteiger partial charge on any atom is -0.349 e. The van der Waals surface area contributed by atoms with Gasteiger partial charge in [0.1, 0.15) is 0 Å². The molecule has 3 aromatic rings. The SMILES string of the molecule is O=C(NC1CC1)c1cccc(NC(=O)c2cnn(-c3ccccc3)c2C(F)(F)F)c1. The molecule has 0 saturated heterocycles. The molecule has 1 aliphatic carbocycles. The van der Waals surface area contributed by atoms with E-state index in [9.17, 15) is 22.8 Å². The summed E-state index contributed by atoms with van der Waals surface area (Å²) >= 11 is 0. The predicted octanol–water partition coefficient (Wildman–Crippen LogP) is 4.04. The molecule has 2 amide bonds. The molecule has 1 fully saturated rings. The molecule has 1 aromatic heterocycles. The lowest BCUT2D eigenvalue weighted by Crippen LogP contribution is -2.25. The Morgan fingerprint density at radius 1 is 1.00 bits per heavy atom. The Labute approximate surface area is 169 Å². The van der Waals surface area contributed by atoms with Crippen LogP contribution in [0.1, 0.15) is 39.3 Å². The maximum atomic E-state index is 13.7. The Hall–Kier alpha value is -3.62. The highest BCUT2D eigenvalue weighted by Gasteiger charge is 2.40. The van der Waals surface area contributed by atoms with Gasteiger partial charge in [-0.25, -0.2) is 4.68 Å². The Balaban J connectivity index is 1.61. The normalized spacial score (nSPS) is 13.7. The van der Waals surface area contributed by atoms with Gasteiger partial charge in [0, 0.05) is 17.3 Å². The summed E-state index contributed by atoms with van der Waals surface area (Å²) in [5.41, 5.74) is -1.07. The molecule has 154 valence electrons. The zero-order valence-electron chi connectivity index (χ0n) is 15.6. The molecular formula is C21H17F3N4O2. The highest BCUT2D eigenvalue weighted by Crippen LogP contribution is 2.34. The molecule has 1 saturated carbocycles. The van der Waals surface area contributed by atoms with E-state index < -0.39 is 23.3 Å². The summed E-state index contributed by atoms with van der Waals surface area (Å²) in [7, 11) is 0. The van der Waals surface area contributed by atoms with Crippen LogP contribution in [0.25, 0.3) is 5.69 Å². The number of nitrogens with one attached hydrogen (secondary N) is 2. The minimum absolute atomic E-state index is 0.161. The van der Waals surface area contributed by atoms with Crippen molar-refractivity contribution in [3.63, 3.8) is 0 Å². The van der Waals surface area contributed by atoms with Crippen LogP contribution in [0.2, 0.25) is 0 Å². The van der Waals surface area contributed by atoms with Crippen molar-refractivity contribution < 1.29 is 22.8 Å². The average molecular weight is 414 g/mol. The van der Waals surface area contributed by atoms with E-state index in [-0.39, 0.29) is 23.3 Å². The summed E-state index contributed by atoms with van der Waals surface area (Å²) in [5.74, 6) is -1.26. The van der Waals surface area contributed by atoms with E-state index in [0.717, 1.165) is 19.0 Å². The molecule has 0 atom stereocenters. The average Bonchev–Trinajstić information content (AvgIpc) is 3.40. The Kier molecular flexibility index (Phi) is 5.03. The van der Waals surface area contributed by atoms with Crippen molar-refractivity contribution in [1.29, 1.82) is 0 Å². The number of anilines is 1. The summed E-state index contributed by atoms with van der Waals surface area (Å²) in [6, 6.07) is 14.0. The number of rotatable bonds is 5. The Morgan fingerprint density at radius 2 is 1.73 bits per heavy atom. The molecule has 1 heterocycles. The fraction of sp³-hybridized carbons (Fsp3) is 0.190. The van der Waals surface area contributed by atoms with E-state index >= 15 is 0 Å². The smallest absolute Gasteiger partial charge is 0.349 e. The lowest BCUT2D eigenvalue weighted by molar-refractivity contribution is -0.143. The summed E-state index contributed by atoms with van der Waals surface area (Å²) in [4.78, 5) is 24.8. The number of aromatic nitrogens is 2. The third-order valence-electron chi connectivity index (χ3n) is 4.58. The van der Waals surface area contributed by atoms with Gasteiger partial charge in [-0.15, -0.1) is 0 Å². The van der Waals surface area contributed by atoms with E-state index in [1.54, 1.807) is 30.3 Å². The summed E-state index contributed by atoms with van der Waals surface area (Å²) in [6.07, 6.45) is -2.07. The first kappa shape index (κ1) is 19.7. The predicted molar refractivity (Wildman–Crippen MR) is 103 cm³/mol. The van der Waals surface area contributed by atoms with Crippen LogP contribution in [-0.2, 0) is 6.18 Å². The molecule has 0 spiro atoms. The molecule has 6 nitrogen and oxygen atoms in total. The van der Waals surface area contributed by atoms with Crippen molar-refractivity contribution in [1.82, 2.24) is 15.1 Å². The monoisotopic (exact) mass is 414 g/mol. The van der Waals surface area contributed by atoms with Gasteiger partial charge < -0.3 is 10.6 Å². The molecule has 0 unspecified atom stereocenters. The van der Waals surface area contributed by atoms with Crippen LogP contribution in [0.3, 0.4) is 0 Å². The van der Waals surface area contributed by atoms with Gasteiger partial charge in [-0.2, -0.15) is 18.3 Å². The number of hydrogen-bond acceptors (Lipinski definition) is 3. The van der Waals surface area contributed by atoms with Crippen LogP contribution in [0.15, 0.2) is 60.8 Å². The molecular weight excluding hydrogens is 397 g/mol. The molecule has 30 heavy (non-hydrogen) atoms. The second kappa shape index (κ2) is 7.66. The minimum atomic E-state index is -4.80. The maximum Gasteiger partial charge on any atom is 0.434 e. The molecule has 0 radical (unpaired) electrons. The third-order valence-corrected chi connectivity index (χ3v) is 4.58. The fourth-order valence-corrected chi connectivity index (χ4v) is 2.99. The zero-order valence-corrected chi connectivity index (χ0v) is 15.6. The second-order valence-electron chi connectivity index (χ2n) is 6.93.